The predicted octanol–water partition coefficient (Wildman–Crippen LogP) is 4.49. The molecule has 1 atom stereocenters. The van der Waals surface area contributed by atoms with Gasteiger partial charge in [0.2, 0.25) is 0 Å². The summed E-state index contributed by atoms with van der Waals surface area (Å²) >= 11 is 0. The fourth-order valence-corrected chi connectivity index (χ4v) is 3.33. The Labute approximate surface area is 163 Å². The van der Waals surface area contributed by atoms with Crippen LogP contribution in [0.25, 0.3) is 16.7 Å². The van der Waals surface area contributed by atoms with E-state index in [9.17, 15) is 4.79 Å². The predicted molar refractivity (Wildman–Crippen MR) is 108 cm³/mol. The molecule has 0 fully saturated rings. The van der Waals surface area contributed by atoms with E-state index in [1.807, 2.05) is 74.6 Å². The number of nitrogens with zero attached hydrogens (tertiary/aromatic N) is 2. The van der Waals surface area contributed by atoms with Crippen LogP contribution in [-0.2, 0) is 6.54 Å². The summed E-state index contributed by atoms with van der Waals surface area (Å²) in [7, 11) is 0. The van der Waals surface area contributed by atoms with Crippen LogP contribution < -0.4 is 10.6 Å². The second kappa shape index (κ2) is 7.60. The number of carbonyl (C=O) groups is 1. The third kappa shape index (κ3) is 3.62. The van der Waals surface area contributed by atoms with Crippen LogP contribution in [0.3, 0.4) is 0 Å². The lowest BCUT2D eigenvalue weighted by Crippen LogP contribution is -2.36. The lowest BCUT2D eigenvalue weighted by atomic mass is 10.1. The van der Waals surface area contributed by atoms with E-state index < -0.39 is 0 Å². The SMILES string of the molecule is Cc1c(C(C)NC(=O)NCc2cccc(-n3cccn3)c2)oc2ccccc12. The minimum Gasteiger partial charge on any atom is -0.459 e. The number of carbonyl (C=O) groups excluding carboxylic acids is 1. The maximum atomic E-state index is 12.4. The number of aryl methyl sites for hydroxylation is 1. The molecule has 0 saturated heterocycles. The molecule has 4 rings (SSSR count). The second-order valence-electron chi connectivity index (χ2n) is 6.76. The molecule has 0 bridgehead atoms. The number of amides is 2. The molecule has 0 spiro atoms. The van der Waals surface area contributed by atoms with Gasteiger partial charge in [-0.3, -0.25) is 0 Å². The van der Waals surface area contributed by atoms with Crippen molar-refractivity contribution in [2.24, 2.45) is 0 Å². The van der Waals surface area contributed by atoms with Crippen molar-refractivity contribution in [3.63, 3.8) is 0 Å². The molecule has 2 aromatic heterocycles. The van der Waals surface area contributed by atoms with Crippen LogP contribution in [0.5, 0.6) is 0 Å². The first-order chi connectivity index (χ1) is 13.6. The molecule has 0 saturated carbocycles. The quantitative estimate of drug-likeness (QED) is 0.541. The number of rotatable bonds is 5. The van der Waals surface area contributed by atoms with Crippen molar-refractivity contribution in [2.45, 2.75) is 26.4 Å². The van der Waals surface area contributed by atoms with Crippen molar-refractivity contribution in [3.8, 4) is 5.69 Å². The molecule has 1 unspecified atom stereocenters. The molecular formula is C22H22N4O2. The van der Waals surface area contributed by atoms with Gasteiger partial charge in [-0.15, -0.1) is 0 Å². The smallest absolute Gasteiger partial charge is 0.315 e. The molecule has 28 heavy (non-hydrogen) atoms. The number of benzene rings is 2. The minimum absolute atomic E-state index is 0.234. The minimum atomic E-state index is -0.239. The zero-order valence-electron chi connectivity index (χ0n) is 15.8. The van der Waals surface area contributed by atoms with E-state index in [-0.39, 0.29) is 12.1 Å². The molecule has 2 amide bonds. The van der Waals surface area contributed by atoms with Crippen LogP contribution in [0, 0.1) is 6.92 Å². The monoisotopic (exact) mass is 374 g/mol. The van der Waals surface area contributed by atoms with E-state index in [2.05, 4.69) is 15.7 Å². The summed E-state index contributed by atoms with van der Waals surface area (Å²) in [6.07, 6.45) is 3.62. The molecule has 2 heterocycles. The molecule has 0 aliphatic carbocycles. The number of urea groups is 1. The average Bonchev–Trinajstić information content (AvgIpc) is 3.36. The van der Waals surface area contributed by atoms with Gasteiger partial charge in [0.1, 0.15) is 11.3 Å². The lowest BCUT2D eigenvalue weighted by Gasteiger charge is -2.14. The van der Waals surface area contributed by atoms with Crippen molar-refractivity contribution >= 4 is 17.0 Å². The summed E-state index contributed by atoms with van der Waals surface area (Å²) in [5.74, 6) is 0.775. The van der Waals surface area contributed by atoms with Gasteiger partial charge in [-0.25, -0.2) is 9.48 Å². The Hall–Kier alpha value is -3.54. The second-order valence-corrected chi connectivity index (χ2v) is 6.76. The summed E-state index contributed by atoms with van der Waals surface area (Å²) in [6.45, 7) is 4.35. The van der Waals surface area contributed by atoms with Gasteiger partial charge < -0.3 is 15.1 Å². The Morgan fingerprint density at radius 1 is 1.18 bits per heavy atom. The molecule has 2 aromatic carbocycles. The van der Waals surface area contributed by atoms with Gasteiger partial charge >= 0.3 is 6.03 Å². The van der Waals surface area contributed by atoms with Crippen LogP contribution in [0.4, 0.5) is 4.79 Å². The van der Waals surface area contributed by atoms with E-state index in [4.69, 9.17) is 4.42 Å². The maximum absolute atomic E-state index is 12.4. The van der Waals surface area contributed by atoms with Gasteiger partial charge in [-0.05, 0) is 43.7 Å². The molecule has 142 valence electrons. The highest BCUT2D eigenvalue weighted by Crippen LogP contribution is 2.29. The molecule has 0 aliphatic heterocycles. The first-order valence-electron chi connectivity index (χ1n) is 9.23. The summed E-state index contributed by atoms with van der Waals surface area (Å²) in [4.78, 5) is 12.4. The van der Waals surface area contributed by atoms with Gasteiger partial charge in [0.15, 0.2) is 0 Å². The number of fused-ring (bicyclic) bond motifs is 1. The van der Waals surface area contributed by atoms with E-state index in [1.54, 1.807) is 10.9 Å². The van der Waals surface area contributed by atoms with Crippen molar-refractivity contribution in [2.75, 3.05) is 0 Å². The molecule has 2 N–H and O–H groups in total. The molecule has 0 radical (unpaired) electrons. The highest BCUT2D eigenvalue weighted by molar-refractivity contribution is 5.82. The summed E-state index contributed by atoms with van der Waals surface area (Å²) < 4.78 is 7.72. The Morgan fingerprint density at radius 3 is 2.82 bits per heavy atom. The van der Waals surface area contributed by atoms with Crippen LogP contribution in [-0.4, -0.2) is 15.8 Å². The fourth-order valence-electron chi connectivity index (χ4n) is 3.33. The Balaban J connectivity index is 1.39. The highest BCUT2D eigenvalue weighted by atomic mass is 16.3. The average molecular weight is 374 g/mol. The van der Waals surface area contributed by atoms with E-state index in [1.165, 1.54) is 0 Å². The number of nitrogens with one attached hydrogen (secondary N) is 2. The van der Waals surface area contributed by atoms with Crippen molar-refractivity contribution < 1.29 is 9.21 Å². The van der Waals surface area contributed by atoms with Gasteiger partial charge in [0.05, 0.1) is 11.7 Å². The van der Waals surface area contributed by atoms with Gasteiger partial charge in [0.25, 0.3) is 0 Å². The van der Waals surface area contributed by atoms with E-state index in [0.29, 0.717) is 6.54 Å². The lowest BCUT2D eigenvalue weighted by molar-refractivity contribution is 0.236. The third-order valence-corrected chi connectivity index (χ3v) is 4.75. The van der Waals surface area contributed by atoms with Gasteiger partial charge in [0, 0.05) is 29.9 Å². The zero-order valence-corrected chi connectivity index (χ0v) is 15.8. The van der Waals surface area contributed by atoms with E-state index in [0.717, 1.165) is 33.5 Å². The third-order valence-electron chi connectivity index (χ3n) is 4.75. The summed E-state index contributed by atoms with van der Waals surface area (Å²) in [5, 5.41) is 11.2. The standard InChI is InChI=1S/C22H22N4O2/c1-15-19-9-3-4-10-20(19)28-21(15)16(2)25-22(27)23-14-17-7-5-8-18(13-17)26-12-6-11-24-26/h3-13,16H,14H2,1-2H3,(H2,23,25,27). The summed E-state index contributed by atoms with van der Waals surface area (Å²) in [5.41, 5.74) is 3.83. The Bertz CT molecular complexity index is 1100. The van der Waals surface area contributed by atoms with Crippen LogP contribution >= 0.6 is 0 Å². The zero-order chi connectivity index (χ0) is 19.5. The van der Waals surface area contributed by atoms with Crippen molar-refractivity contribution in [3.05, 3.63) is 83.9 Å². The highest BCUT2D eigenvalue weighted by Gasteiger charge is 2.18. The van der Waals surface area contributed by atoms with Crippen molar-refractivity contribution in [1.82, 2.24) is 20.4 Å². The number of para-hydroxylation sites is 1. The first kappa shape index (κ1) is 17.9. The van der Waals surface area contributed by atoms with Crippen molar-refractivity contribution in [1.29, 1.82) is 0 Å². The van der Waals surface area contributed by atoms with Gasteiger partial charge in [-0.2, -0.15) is 5.10 Å². The number of hydrogen-bond donors (Lipinski definition) is 2. The molecule has 6 heteroatoms. The summed E-state index contributed by atoms with van der Waals surface area (Å²) in [6, 6.07) is 17.2. The Kier molecular flexibility index (Phi) is 4.85. The molecule has 0 aliphatic rings. The van der Waals surface area contributed by atoms with E-state index >= 15 is 0 Å². The first-order valence-corrected chi connectivity index (χ1v) is 9.23. The maximum Gasteiger partial charge on any atom is 0.315 e. The number of hydrogen-bond acceptors (Lipinski definition) is 3. The normalized spacial score (nSPS) is 12.1. The number of aromatic nitrogens is 2. The fraction of sp³-hybridized carbons (Fsp3) is 0.182. The largest absolute Gasteiger partial charge is 0.459 e. The molecule has 6 nitrogen and oxygen atoms in total. The molecular weight excluding hydrogens is 352 g/mol. The van der Waals surface area contributed by atoms with Crippen LogP contribution in [0.2, 0.25) is 0 Å². The topological polar surface area (TPSA) is 72.1 Å². The van der Waals surface area contributed by atoms with Crippen LogP contribution in [0.15, 0.2) is 71.4 Å². The number of furan rings is 1. The van der Waals surface area contributed by atoms with Gasteiger partial charge in [-0.1, -0.05) is 30.3 Å². The molecule has 4 aromatic rings. The van der Waals surface area contributed by atoms with Crippen LogP contribution in [0.1, 0.15) is 29.9 Å². The Morgan fingerprint density at radius 2 is 2.04 bits per heavy atom.